The number of fused-ring (bicyclic) bond motifs is 1. The zero-order valence-electron chi connectivity index (χ0n) is 19.4. The predicted molar refractivity (Wildman–Crippen MR) is 135 cm³/mol. The molecule has 36 heavy (non-hydrogen) atoms. The Morgan fingerprint density at radius 3 is 2.47 bits per heavy atom. The van der Waals surface area contributed by atoms with Gasteiger partial charge in [0.05, 0.1) is 30.9 Å². The van der Waals surface area contributed by atoms with E-state index >= 15 is 0 Å². The van der Waals surface area contributed by atoms with Gasteiger partial charge in [0.1, 0.15) is 17.2 Å². The van der Waals surface area contributed by atoms with Crippen LogP contribution in [-0.4, -0.2) is 35.9 Å². The van der Waals surface area contributed by atoms with Crippen LogP contribution >= 0.6 is 0 Å². The molecule has 10 nitrogen and oxygen atoms in total. The van der Waals surface area contributed by atoms with Gasteiger partial charge in [0.2, 0.25) is 0 Å². The number of methoxy groups -OCH3 is 2. The highest BCUT2D eigenvalue weighted by Gasteiger charge is 2.19. The molecule has 0 saturated carbocycles. The van der Waals surface area contributed by atoms with E-state index < -0.39 is 16.7 Å². The smallest absolute Gasteiger partial charge is 0.273 e. The number of hydrogen-bond acceptors (Lipinski definition) is 6. The summed E-state index contributed by atoms with van der Waals surface area (Å²) in [6.07, 6.45) is 3.24. The van der Waals surface area contributed by atoms with Crippen molar-refractivity contribution >= 4 is 40.2 Å². The van der Waals surface area contributed by atoms with Crippen molar-refractivity contribution in [3.8, 4) is 11.5 Å². The molecule has 0 aliphatic heterocycles. The monoisotopic (exact) mass is 486 g/mol. The number of nitrogens with one attached hydrogen (secondary N) is 3. The van der Waals surface area contributed by atoms with Crippen molar-refractivity contribution in [3.63, 3.8) is 0 Å². The lowest BCUT2D eigenvalue weighted by Crippen LogP contribution is -2.30. The van der Waals surface area contributed by atoms with Crippen LogP contribution in [0.15, 0.2) is 78.6 Å². The molecule has 3 N–H and O–H groups in total. The van der Waals surface area contributed by atoms with Gasteiger partial charge < -0.3 is 25.1 Å². The molecule has 0 radical (unpaired) electrons. The predicted octanol–water partition coefficient (Wildman–Crippen LogP) is 4.50. The summed E-state index contributed by atoms with van der Waals surface area (Å²) in [5.74, 6) is -0.399. The lowest BCUT2D eigenvalue weighted by molar-refractivity contribution is -0.384. The van der Waals surface area contributed by atoms with E-state index in [4.69, 9.17) is 9.47 Å². The van der Waals surface area contributed by atoms with Gasteiger partial charge in [0.15, 0.2) is 0 Å². The van der Waals surface area contributed by atoms with E-state index in [1.807, 2.05) is 12.1 Å². The number of aromatic nitrogens is 1. The number of amides is 2. The molecular weight excluding hydrogens is 464 g/mol. The fourth-order valence-corrected chi connectivity index (χ4v) is 3.55. The molecular formula is C26H22N4O6. The number of aromatic amines is 1. The third-order valence-electron chi connectivity index (χ3n) is 5.39. The van der Waals surface area contributed by atoms with Crippen LogP contribution in [0.2, 0.25) is 0 Å². The number of carbonyl (C=O) groups excluding carboxylic acids is 2. The molecule has 0 bridgehead atoms. The zero-order chi connectivity index (χ0) is 25.7. The first-order valence-corrected chi connectivity index (χ1v) is 10.8. The number of non-ortho nitro benzene ring substituents is 1. The summed E-state index contributed by atoms with van der Waals surface area (Å²) in [4.78, 5) is 39.9. The number of carbonyl (C=O) groups is 2. The van der Waals surface area contributed by atoms with Crippen molar-refractivity contribution in [1.29, 1.82) is 0 Å². The van der Waals surface area contributed by atoms with Crippen LogP contribution in [0.3, 0.4) is 0 Å². The van der Waals surface area contributed by atoms with Gasteiger partial charge in [-0.1, -0.05) is 18.2 Å². The van der Waals surface area contributed by atoms with Gasteiger partial charge in [-0.2, -0.15) is 0 Å². The molecule has 3 aromatic carbocycles. The van der Waals surface area contributed by atoms with E-state index in [9.17, 15) is 19.7 Å². The van der Waals surface area contributed by atoms with Gasteiger partial charge in [-0.3, -0.25) is 19.7 Å². The third kappa shape index (κ3) is 5.17. The molecule has 0 aliphatic carbocycles. The quantitative estimate of drug-likeness (QED) is 0.191. The molecule has 1 heterocycles. The van der Waals surface area contributed by atoms with E-state index in [1.165, 1.54) is 31.4 Å². The minimum Gasteiger partial charge on any atom is -0.497 e. The number of ether oxygens (including phenoxy) is 2. The van der Waals surface area contributed by atoms with E-state index in [1.54, 1.807) is 49.7 Å². The van der Waals surface area contributed by atoms with Crippen molar-refractivity contribution in [2.45, 2.75) is 0 Å². The molecule has 0 spiro atoms. The van der Waals surface area contributed by atoms with E-state index in [2.05, 4.69) is 15.6 Å². The Morgan fingerprint density at radius 2 is 1.78 bits per heavy atom. The fourth-order valence-electron chi connectivity index (χ4n) is 3.55. The Hall–Kier alpha value is -5.12. The maximum Gasteiger partial charge on any atom is 0.273 e. The van der Waals surface area contributed by atoms with Crippen LogP contribution in [0.25, 0.3) is 17.0 Å². The average molecular weight is 486 g/mol. The number of nitro benzene ring substituents is 1. The highest BCUT2D eigenvalue weighted by Crippen LogP contribution is 2.30. The molecule has 0 unspecified atom stereocenters. The number of anilines is 1. The van der Waals surface area contributed by atoms with Crippen LogP contribution in [-0.2, 0) is 4.79 Å². The van der Waals surface area contributed by atoms with Gasteiger partial charge in [-0.25, -0.2) is 0 Å². The summed E-state index contributed by atoms with van der Waals surface area (Å²) < 4.78 is 10.5. The third-order valence-corrected chi connectivity index (χ3v) is 5.39. The lowest BCUT2D eigenvalue weighted by atomic mass is 10.1. The standard InChI is InChI=1S/C26H22N4O6/c1-35-19-9-11-21-20(14-19)17(15-27-21)12-23(29-25(31)16-6-4-3-5-7-16)26(32)28-22-10-8-18(30(33)34)13-24(22)36-2/h3-15,27H,1-2H3,(H,28,32)(H,29,31)/b23-12+. The second kappa shape index (κ2) is 10.4. The SMILES string of the molecule is COc1ccc2[nH]cc(/C=C(/NC(=O)c3ccccc3)C(=O)Nc3ccc([N+](=O)[O-])cc3OC)c2c1. The van der Waals surface area contributed by atoms with Crippen molar-refractivity contribution in [1.82, 2.24) is 10.3 Å². The maximum absolute atomic E-state index is 13.3. The van der Waals surface area contributed by atoms with Gasteiger partial charge in [0, 0.05) is 34.3 Å². The molecule has 182 valence electrons. The minimum absolute atomic E-state index is 0.0482. The summed E-state index contributed by atoms with van der Waals surface area (Å²) in [6.45, 7) is 0. The Morgan fingerprint density at radius 1 is 1.00 bits per heavy atom. The van der Waals surface area contributed by atoms with Crippen molar-refractivity contribution < 1.29 is 24.0 Å². The summed E-state index contributed by atoms with van der Waals surface area (Å²) in [7, 11) is 2.89. The van der Waals surface area contributed by atoms with Gasteiger partial charge in [-0.05, 0) is 42.5 Å². The summed E-state index contributed by atoms with van der Waals surface area (Å²) in [5.41, 5.74) is 1.78. The van der Waals surface area contributed by atoms with Gasteiger partial charge in [0.25, 0.3) is 17.5 Å². The van der Waals surface area contributed by atoms with Crippen LogP contribution in [0.4, 0.5) is 11.4 Å². The van der Waals surface area contributed by atoms with Crippen molar-refractivity contribution in [3.05, 3.63) is 99.9 Å². The summed E-state index contributed by atoms with van der Waals surface area (Å²) in [5, 5.41) is 17.2. The average Bonchev–Trinajstić information content (AvgIpc) is 3.30. The Balaban J connectivity index is 1.72. The Labute approximate surface area is 205 Å². The normalized spacial score (nSPS) is 11.1. The first kappa shape index (κ1) is 24.0. The lowest BCUT2D eigenvalue weighted by Gasteiger charge is -2.13. The van der Waals surface area contributed by atoms with E-state index in [0.29, 0.717) is 16.9 Å². The molecule has 1 aromatic heterocycles. The Kier molecular flexibility index (Phi) is 6.96. The van der Waals surface area contributed by atoms with Crippen molar-refractivity contribution in [2.24, 2.45) is 0 Å². The summed E-state index contributed by atoms with van der Waals surface area (Å²) >= 11 is 0. The van der Waals surface area contributed by atoms with Gasteiger partial charge in [-0.15, -0.1) is 0 Å². The molecule has 0 fully saturated rings. The van der Waals surface area contributed by atoms with E-state index in [-0.39, 0.29) is 22.8 Å². The molecule has 0 saturated heterocycles. The highest BCUT2D eigenvalue weighted by atomic mass is 16.6. The van der Waals surface area contributed by atoms with Crippen LogP contribution < -0.4 is 20.1 Å². The topological polar surface area (TPSA) is 136 Å². The second-order valence-electron chi connectivity index (χ2n) is 7.63. The number of H-pyrrole nitrogens is 1. The number of rotatable bonds is 8. The maximum atomic E-state index is 13.3. The molecule has 10 heteroatoms. The molecule has 4 rings (SSSR count). The zero-order valence-corrected chi connectivity index (χ0v) is 19.4. The number of hydrogen-bond donors (Lipinski definition) is 3. The number of nitrogens with zero attached hydrogens (tertiary/aromatic N) is 1. The van der Waals surface area contributed by atoms with E-state index in [0.717, 1.165) is 10.9 Å². The van der Waals surface area contributed by atoms with Crippen LogP contribution in [0.5, 0.6) is 11.5 Å². The first-order valence-electron chi connectivity index (χ1n) is 10.8. The molecule has 0 atom stereocenters. The molecule has 0 aliphatic rings. The highest BCUT2D eigenvalue weighted by molar-refractivity contribution is 6.12. The fraction of sp³-hybridized carbons (Fsp3) is 0.0769. The summed E-state index contributed by atoms with van der Waals surface area (Å²) in [6, 6.07) is 17.7. The first-order chi connectivity index (χ1) is 17.4. The molecule has 2 amide bonds. The number of nitro groups is 1. The van der Waals surface area contributed by atoms with Crippen molar-refractivity contribution in [2.75, 3.05) is 19.5 Å². The molecule has 4 aromatic rings. The minimum atomic E-state index is -0.649. The van der Waals surface area contributed by atoms with Crippen LogP contribution in [0.1, 0.15) is 15.9 Å². The Bertz CT molecular complexity index is 1480. The van der Waals surface area contributed by atoms with Crippen LogP contribution in [0, 0.1) is 10.1 Å². The number of benzene rings is 3. The second-order valence-corrected chi connectivity index (χ2v) is 7.63. The van der Waals surface area contributed by atoms with Gasteiger partial charge >= 0.3 is 0 Å². The largest absolute Gasteiger partial charge is 0.497 e.